The summed E-state index contributed by atoms with van der Waals surface area (Å²) in [7, 11) is 0. The summed E-state index contributed by atoms with van der Waals surface area (Å²) in [5, 5.41) is 28.9. The van der Waals surface area contributed by atoms with E-state index in [0.29, 0.717) is 5.69 Å². The van der Waals surface area contributed by atoms with Crippen molar-refractivity contribution in [2.45, 2.75) is 13.0 Å². The maximum absolute atomic E-state index is 10.6. The molecule has 0 aliphatic carbocycles. The van der Waals surface area contributed by atoms with Gasteiger partial charge in [0.05, 0.1) is 11.1 Å². The summed E-state index contributed by atoms with van der Waals surface area (Å²) in [4.78, 5) is 10.6. The molecule has 0 amide bonds. The van der Waals surface area contributed by atoms with E-state index >= 15 is 0 Å². The number of nitrogens with one attached hydrogen (secondary N) is 1. The molecule has 16 heavy (non-hydrogen) atoms. The van der Waals surface area contributed by atoms with Gasteiger partial charge in [0.2, 0.25) is 0 Å². The Labute approximate surface area is 92.5 Å². The summed E-state index contributed by atoms with van der Waals surface area (Å²) in [6.07, 6.45) is 0. The Morgan fingerprint density at radius 1 is 1.38 bits per heavy atom. The fourth-order valence-corrected chi connectivity index (χ4v) is 1.14. The lowest BCUT2D eigenvalue weighted by Gasteiger charge is -2.10. The summed E-state index contributed by atoms with van der Waals surface area (Å²) < 4.78 is 0. The van der Waals surface area contributed by atoms with Crippen LogP contribution in [0.3, 0.4) is 0 Å². The molecule has 1 atom stereocenters. The Hall–Kier alpha value is -2.53. The van der Waals surface area contributed by atoms with Crippen molar-refractivity contribution < 1.29 is 9.90 Å². The number of aliphatic carboxylic acids is 1. The van der Waals surface area contributed by atoms with Gasteiger partial charge in [-0.05, 0) is 25.1 Å². The monoisotopic (exact) mass is 215 g/mol. The zero-order valence-electron chi connectivity index (χ0n) is 8.56. The molecule has 1 aromatic rings. The van der Waals surface area contributed by atoms with Crippen molar-refractivity contribution in [3.05, 3.63) is 29.3 Å². The minimum Gasteiger partial charge on any atom is -0.480 e. The lowest BCUT2D eigenvalue weighted by molar-refractivity contribution is -0.137. The second kappa shape index (κ2) is 4.81. The molecule has 0 bridgehead atoms. The number of nitriles is 2. The largest absolute Gasteiger partial charge is 0.480 e. The van der Waals surface area contributed by atoms with Gasteiger partial charge in [0.1, 0.15) is 18.2 Å². The van der Waals surface area contributed by atoms with Crippen molar-refractivity contribution in [3.8, 4) is 12.1 Å². The Morgan fingerprint density at radius 3 is 2.50 bits per heavy atom. The summed E-state index contributed by atoms with van der Waals surface area (Å²) in [5.41, 5.74) is 1.01. The van der Waals surface area contributed by atoms with Crippen LogP contribution in [0.15, 0.2) is 18.2 Å². The molecule has 1 aromatic carbocycles. The van der Waals surface area contributed by atoms with E-state index in [2.05, 4.69) is 5.32 Å². The molecule has 0 saturated heterocycles. The van der Waals surface area contributed by atoms with E-state index in [-0.39, 0.29) is 11.1 Å². The Morgan fingerprint density at radius 2 is 2.00 bits per heavy atom. The predicted octanol–water partition coefficient (Wildman–Crippen LogP) is 1.31. The zero-order chi connectivity index (χ0) is 12.1. The van der Waals surface area contributed by atoms with Gasteiger partial charge in [-0.1, -0.05) is 0 Å². The average molecular weight is 215 g/mol. The molecule has 0 aromatic heterocycles. The number of benzene rings is 1. The van der Waals surface area contributed by atoms with Crippen LogP contribution in [0, 0.1) is 22.7 Å². The van der Waals surface area contributed by atoms with Crippen molar-refractivity contribution in [2.24, 2.45) is 0 Å². The van der Waals surface area contributed by atoms with Crippen molar-refractivity contribution >= 4 is 11.7 Å². The van der Waals surface area contributed by atoms with Crippen LogP contribution in [0.5, 0.6) is 0 Å². The Balaban J connectivity index is 2.98. The summed E-state index contributed by atoms with van der Waals surface area (Å²) in [6.45, 7) is 1.49. The van der Waals surface area contributed by atoms with Gasteiger partial charge < -0.3 is 10.4 Å². The first-order valence-corrected chi connectivity index (χ1v) is 4.52. The first-order valence-electron chi connectivity index (χ1n) is 4.52. The van der Waals surface area contributed by atoms with E-state index in [1.54, 1.807) is 6.07 Å². The maximum atomic E-state index is 10.6. The normalized spacial score (nSPS) is 10.9. The van der Waals surface area contributed by atoms with Crippen LogP contribution in [0.25, 0.3) is 0 Å². The highest BCUT2D eigenvalue weighted by molar-refractivity contribution is 5.77. The van der Waals surface area contributed by atoms with Gasteiger partial charge in [0, 0.05) is 5.69 Å². The van der Waals surface area contributed by atoms with E-state index < -0.39 is 12.0 Å². The van der Waals surface area contributed by atoms with E-state index in [9.17, 15) is 4.79 Å². The van der Waals surface area contributed by atoms with Crippen LogP contribution in [-0.2, 0) is 4.79 Å². The Kier molecular flexibility index (Phi) is 3.47. The third kappa shape index (κ3) is 2.49. The quantitative estimate of drug-likeness (QED) is 0.792. The Bertz CT molecular complexity index is 497. The van der Waals surface area contributed by atoms with Gasteiger partial charge in [-0.25, -0.2) is 0 Å². The molecule has 0 saturated carbocycles. The minimum absolute atomic E-state index is 0.227. The van der Waals surface area contributed by atoms with Crippen molar-refractivity contribution in [1.29, 1.82) is 10.5 Å². The molecule has 0 spiro atoms. The van der Waals surface area contributed by atoms with Gasteiger partial charge in [-0.3, -0.25) is 4.79 Å². The standard InChI is InChI=1S/C11H9N3O2/c1-7(11(15)16)14-10-3-2-8(5-12)9(4-10)6-13/h2-4,7,14H,1H3,(H,15,16). The van der Waals surface area contributed by atoms with E-state index in [1.165, 1.54) is 19.1 Å². The van der Waals surface area contributed by atoms with E-state index in [1.807, 2.05) is 12.1 Å². The number of carboxylic acids is 1. The highest BCUT2D eigenvalue weighted by Crippen LogP contribution is 2.15. The molecule has 80 valence electrons. The first-order chi connectivity index (χ1) is 7.58. The molecule has 2 N–H and O–H groups in total. The SMILES string of the molecule is CC(Nc1ccc(C#N)c(C#N)c1)C(=O)O. The summed E-state index contributed by atoms with van der Waals surface area (Å²) >= 11 is 0. The smallest absolute Gasteiger partial charge is 0.325 e. The van der Waals surface area contributed by atoms with Crippen LogP contribution in [-0.4, -0.2) is 17.1 Å². The average Bonchev–Trinajstić information content (AvgIpc) is 2.28. The topological polar surface area (TPSA) is 96.9 Å². The number of carboxylic acid groups (broad SMARTS) is 1. The molecule has 0 aliphatic rings. The first kappa shape index (κ1) is 11.5. The molecule has 1 rings (SSSR count). The summed E-state index contributed by atoms with van der Waals surface area (Å²) in [6, 6.07) is 7.52. The second-order valence-corrected chi connectivity index (χ2v) is 3.19. The molecule has 0 heterocycles. The molecule has 0 radical (unpaired) electrons. The molecule has 0 fully saturated rings. The highest BCUT2D eigenvalue weighted by Gasteiger charge is 2.11. The van der Waals surface area contributed by atoms with Crippen molar-refractivity contribution in [2.75, 3.05) is 5.32 Å². The number of rotatable bonds is 3. The van der Waals surface area contributed by atoms with Crippen LogP contribution in [0.2, 0.25) is 0 Å². The van der Waals surface area contributed by atoms with Crippen molar-refractivity contribution in [1.82, 2.24) is 0 Å². The van der Waals surface area contributed by atoms with Gasteiger partial charge in [-0.2, -0.15) is 10.5 Å². The summed E-state index contributed by atoms with van der Waals surface area (Å²) in [5.74, 6) is -0.983. The second-order valence-electron chi connectivity index (χ2n) is 3.19. The van der Waals surface area contributed by atoms with Gasteiger partial charge in [-0.15, -0.1) is 0 Å². The van der Waals surface area contributed by atoms with Gasteiger partial charge >= 0.3 is 5.97 Å². The van der Waals surface area contributed by atoms with Crippen LogP contribution >= 0.6 is 0 Å². The van der Waals surface area contributed by atoms with Crippen LogP contribution < -0.4 is 5.32 Å². The minimum atomic E-state index is -0.983. The lowest BCUT2D eigenvalue weighted by atomic mass is 10.1. The number of nitrogens with zero attached hydrogens (tertiary/aromatic N) is 2. The highest BCUT2D eigenvalue weighted by atomic mass is 16.4. The number of anilines is 1. The third-order valence-electron chi connectivity index (χ3n) is 2.01. The number of hydrogen-bond acceptors (Lipinski definition) is 4. The van der Waals surface area contributed by atoms with Gasteiger partial charge in [0.25, 0.3) is 0 Å². The number of carbonyl (C=O) groups is 1. The molecular formula is C11H9N3O2. The fraction of sp³-hybridized carbons (Fsp3) is 0.182. The van der Waals surface area contributed by atoms with Crippen LogP contribution in [0.1, 0.15) is 18.1 Å². The predicted molar refractivity (Wildman–Crippen MR) is 56.6 cm³/mol. The molecule has 1 unspecified atom stereocenters. The fourth-order valence-electron chi connectivity index (χ4n) is 1.14. The van der Waals surface area contributed by atoms with E-state index in [0.717, 1.165) is 0 Å². The maximum Gasteiger partial charge on any atom is 0.325 e. The molecular weight excluding hydrogens is 206 g/mol. The molecule has 5 heteroatoms. The lowest BCUT2D eigenvalue weighted by Crippen LogP contribution is -2.25. The van der Waals surface area contributed by atoms with Gasteiger partial charge in [0.15, 0.2) is 0 Å². The number of hydrogen-bond donors (Lipinski definition) is 2. The van der Waals surface area contributed by atoms with Crippen LogP contribution in [0.4, 0.5) is 5.69 Å². The third-order valence-corrected chi connectivity index (χ3v) is 2.01. The van der Waals surface area contributed by atoms with Crippen molar-refractivity contribution in [3.63, 3.8) is 0 Å². The van der Waals surface area contributed by atoms with E-state index in [4.69, 9.17) is 15.6 Å². The zero-order valence-corrected chi connectivity index (χ0v) is 8.56. The molecule has 5 nitrogen and oxygen atoms in total. The molecule has 0 aliphatic heterocycles.